The van der Waals surface area contributed by atoms with E-state index in [0.717, 1.165) is 11.0 Å². The topological polar surface area (TPSA) is 25.4 Å². The molecule has 2 rings (SSSR count). The molecule has 0 radical (unpaired) electrons. The number of ether oxygens (including phenoxy) is 1. The van der Waals surface area contributed by atoms with E-state index in [0.29, 0.717) is 17.5 Å². The van der Waals surface area contributed by atoms with Crippen molar-refractivity contribution in [2.75, 3.05) is 26.2 Å². The number of aromatic nitrogens is 1. The summed E-state index contributed by atoms with van der Waals surface area (Å²) in [6.45, 7) is 4.03. The van der Waals surface area contributed by atoms with Gasteiger partial charge in [0.15, 0.2) is 0 Å². The molecule has 1 aliphatic heterocycles. The Kier molecular flexibility index (Phi) is 4.44. The fourth-order valence-corrected chi connectivity index (χ4v) is 2.54. The maximum atomic E-state index is 5.80. The van der Waals surface area contributed by atoms with Crippen LogP contribution in [0.15, 0.2) is 16.7 Å². The molecule has 0 spiro atoms. The van der Waals surface area contributed by atoms with Gasteiger partial charge in [0, 0.05) is 12.7 Å². The normalized spacial score (nSPS) is 16.6. The Hall–Kier alpha value is -0.320. The highest BCUT2D eigenvalue weighted by molar-refractivity contribution is 9.10. The lowest BCUT2D eigenvalue weighted by atomic mass is 10.4. The second-order valence-electron chi connectivity index (χ2n) is 3.84. The van der Waals surface area contributed by atoms with Gasteiger partial charge in [-0.05, 0) is 47.9 Å². The van der Waals surface area contributed by atoms with E-state index in [1.54, 1.807) is 12.3 Å². The second kappa shape index (κ2) is 5.84. The van der Waals surface area contributed by atoms with Gasteiger partial charge < -0.3 is 4.74 Å². The van der Waals surface area contributed by atoms with Crippen LogP contribution in [-0.4, -0.2) is 36.1 Å². The number of halogens is 2. The summed E-state index contributed by atoms with van der Waals surface area (Å²) in [7, 11) is 0. The number of likely N-dealkylation sites (tertiary alicyclic amines) is 1. The minimum atomic E-state index is 0.610. The van der Waals surface area contributed by atoms with Gasteiger partial charge in [0.1, 0.15) is 6.61 Å². The Morgan fingerprint density at radius 3 is 2.88 bits per heavy atom. The van der Waals surface area contributed by atoms with E-state index in [9.17, 15) is 0 Å². The first-order valence-corrected chi connectivity index (χ1v) is 6.59. The van der Waals surface area contributed by atoms with Crippen molar-refractivity contribution in [1.29, 1.82) is 0 Å². The molecule has 2 heterocycles. The molecule has 88 valence electrons. The summed E-state index contributed by atoms with van der Waals surface area (Å²) in [6.07, 6.45) is 4.21. The van der Waals surface area contributed by atoms with Crippen molar-refractivity contribution in [2.45, 2.75) is 12.8 Å². The van der Waals surface area contributed by atoms with Crippen molar-refractivity contribution in [3.05, 3.63) is 21.8 Å². The summed E-state index contributed by atoms with van der Waals surface area (Å²) < 4.78 is 6.40. The van der Waals surface area contributed by atoms with Gasteiger partial charge in [-0.25, -0.2) is 4.98 Å². The van der Waals surface area contributed by atoms with E-state index in [1.807, 2.05) is 0 Å². The van der Waals surface area contributed by atoms with Crippen LogP contribution in [0, 0.1) is 0 Å². The maximum Gasteiger partial charge on any atom is 0.228 e. The lowest BCUT2D eigenvalue weighted by Crippen LogP contribution is -2.25. The zero-order chi connectivity index (χ0) is 11.4. The van der Waals surface area contributed by atoms with Crippen LogP contribution < -0.4 is 4.74 Å². The Labute approximate surface area is 109 Å². The Bertz CT molecular complexity index is 356. The van der Waals surface area contributed by atoms with E-state index in [-0.39, 0.29) is 0 Å². The van der Waals surface area contributed by atoms with Gasteiger partial charge in [0.2, 0.25) is 5.88 Å². The molecule has 1 aromatic rings. The van der Waals surface area contributed by atoms with Crippen LogP contribution in [0.1, 0.15) is 12.8 Å². The smallest absolute Gasteiger partial charge is 0.228 e. The standard InChI is InChI=1S/C11H14BrClN2O/c12-10-7-9(13)8-14-11(10)16-6-5-15-3-1-2-4-15/h7-8H,1-6H2. The van der Waals surface area contributed by atoms with Crippen LogP contribution in [0.2, 0.25) is 5.02 Å². The molecule has 0 amide bonds. The zero-order valence-electron chi connectivity index (χ0n) is 8.96. The fraction of sp³-hybridized carbons (Fsp3) is 0.545. The van der Waals surface area contributed by atoms with Crippen LogP contribution >= 0.6 is 27.5 Å². The van der Waals surface area contributed by atoms with Gasteiger partial charge in [0.05, 0.1) is 9.50 Å². The van der Waals surface area contributed by atoms with E-state index in [4.69, 9.17) is 16.3 Å². The third kappa shape index (κ3) is 3.34. The largest absolute Gasteiger partial charge is 0.476 e. The first-order chi connectivity index (χ1) is 7.75. The number of pyridine rings is 1. The second-order valence-corrected chi connectivity index (χ2v) is 5.13. The fourth-order valence-electron chi connectivity index (χ4n) is 1.79. The van der Waals surface area contributed by atoms with Crippen LogP contribution in [0.4, 0.5) is 0 Å². The number of hydrogen-bond acceptors (Lipinski definition) is 3. The van der Waals surface area contributed by atoms with E-state index >= 15 is 0 Å². The van der Waals surface area contributed by atoms with Crippen molar-refractivity contribution in [2.24, 2.45) is 0 Å². The van der Waals surface area contributed by atoms with Crippen molar-refractivity contribution >= 4 is 27.5 Å². The predicted octanol–water partition coefficient (Wildman–Crippen LogP) is 2.97. The van der Waals surface area contributed by atoms with E-state index < -0.39 is 0 Å². The molecule has 16 heavy (non-hydrogen) atoms. The highest BCUT2D eigenvalue weighted by Crippen LogP contribution is 2.25. The van der Waals surface area contributed by atoms with Gasteiger partial charge >= 0.3 is 0 Å². The lowest BCUT2D eigenvalue weighted by molar-refractivity contribution is 0.231. The van der Waals surface area contributed by atoms with E-state index in [2.05, 4.69) is 25.8 Å². The van der Waals surface area contributed by atoms with Crippen molar-refractivity contribution < 1.29 is 4.74 Å². The summed E-state index contributed by atoms with van der Waals surface area (Å²) in [5, 5.41) is 0.610. The molecular weight excluding hydrogens is 291 g/mol. The first kappa shape index (κ1) is 12.1. The summed E-state index contributed by atoms with van der Waals surface area (Å²) in [5.74, 6) is 0.614. The molecule has 0 atom stereocenters. The Morgan fingerprint density at radius 2 is 2.19 bits per heavy atom. The SMILES string of the molecule is Clc1cnc(OCCN2CCCC2)c(Br)c1. The van der Waals surface area contributed by atoms with Crippen LogP contribution in [-0.2, 0) is 0 Å². The third-order valence-electron chi connectivity index (χ3n) is 2.62. The first-order valence-electron chi connectivity index (χ1n) is 5.42. The molecule has 1 fully saturated rings. The average molecular weight is 306 g/mol. The maximum absolute atomic E-state index is 5.80. The Morgan fingerprint density at radius 1 is 1.44 bits per heavy atom. The molecule has 0 saturated carbocycles. The molecule has 0 bridgehead atoms. The van der Waals surface area contributed by atoms with Crippen LogP contribution in [0.5, 0.6) is 5.88 Å². The van der Waals surface area contributed by atoms with Crippen LogP contribution in [0.3, 0.4) is 0 Å². The minimum Gasteiger partial charge on any atom is -0.476 e. The predicted molar refractivity (Wildman–Crippen MR) is 68.1 cm³/mol. The quantitative estimate of drug-likeness (QED) is 0.855. The van der Waals surface area contributed by atoms with Gasteiger partial charge in [-0.15, -0.1) is 0 Å². The molecule has 0 unspecified atom stereocenters. The number of nitrogens with zero attached hydrogens (tertiary/aromatic N) is 2. The molecule has 1 aliphatic rings. The van der Waals surface area contributed by atoms with Gasteiger partial charge in [-0.1, -0.05) is 11.6 Å². The average Bonchev–Trinajstić information content (AvgIpc) is 2.74. The summed E-state index contributed by atoms with van der Waals surface area (Å²) in [5.41, 5.74) is 0. The molecule has 0 aliphatic carbocycles. The van der Waals surface area contributed by atoms with Gasteiger partial charge in [-0.2, -0.15) is 0 Å². The summed E-state index contributed by atoms with van der Waals surface area (Å²) in [6, 6.07) is 1.79. The van der Waals surface area contributed by atoms with Gasteiger partial charge in [0.25, 0.3) is 0 Å². The lowest BCUT2D eigenvalue weighted by Gasteiger charge is -2.14. The summed E-state index contributed by atoms with van der Waals surface area (Å²) >= 11 is 9.17. The molecule has 0 N–H and O–H groups in total. The van der Waals surface area contributed by atoms with Crippen molar-refractivity contribution in [1.82, 2.24) is 9.88 Å². The molecule has 1 saturated heterocycles. The van der Waals surface area contributed by atoms with Crippen LogP contribution in [0.25, 0.3) is 0 Å². The Balaban J connectivity index is 1.80. The minimum absolute atomic E-state index is 0.610. The molecule has 0 aromatic carbocycles. The third-order valence-corrected chi connectivity index (χ3v) is 3.39. The van der Waals surface area contributed by atoms with Gasteiger partial charge in [-0.3, -0.25) is 4.90 Å². The zero-order valence-corrected chi connectivity index (χ0v) is 11.3. The van der Waals surface area contributed by atoms with Crippen molar-refractivity contribution in [3.8, 4) is 5.88 Å². The molecule has 1 aromatic heterocycles. The highest BCUT2D eigenvalue weighted by atomic mass is 79.9. The summed E-state index contributed by atoms with van der Waals surface area (Å²) in [4.78, 5) is 6.53. The van der Waals surface area contributed by atoms with Crippen molar-refractivity contribution in [3.63, 3.8) is 0 Å². The molecular formula is C11H14BrClN2O. The monoisotopic (exact) mass is 304 g/mol. The highest BCUT2D eigenvalue weighted by Gasteiger charge is 2.11. The number of rotatable bonds is 4. The molecule has 5 heteroatoms. The number of hydrogen-bond donors (Lipinski definition) is 0. The molecule has 3 nitrogen and oxygen atoms in total. The van der Waals surface area contributed by atoms with E-state index in [1.165, 1.54) is 25.9 Å².